The van der Waals surface area contributed by atoms with Crippen LogP contribution in [0.15, 0.2) is 47.5 Å². The maximum atomic E-state index is 12.7. The Kier molecular flexibility index (Phi) is 4.89. The Hall–Kier alpha value is -2.23. The van der Waals surface area contributed by atoms with E-state index in [1.165, 1.54) is 16.4 Å². The second-order valence-electron chi connectivity index (χ2n) is 5.45. The highest BCUT2D eigenvalue weighted by Gasteiger charge is 2.30. The van der Waals surface area contributed by atoms with Crippen LogP contribution >= 0.6 is 11.6 Å². The van der Waals surface area contributed by atoms with Crippen LogP contribution in [0, 0.1) is 10.1 Å². The molecular formula is C15H15ClN4O4S. The first-order valence-electron chi connectivity index (χ1n) is 7.49. The zero-order chi connectivity index (χ0) is 18.0. The third kappa shape index (κ3) is 3.58. The number of aromatic nitrogens is 1. The molecule has 0 radical (unpaired) electrons. The molecule has 0 atom stereocenters. The number of hydrogen-bond acceptors (Lipinski definition) is 6. The Balaban J connectivity index is 1.78. The van der Waals surface area contributed by atoms with Crippen LogP contribution in [0.5, 0.6) is 0 Å². The Labute approximate surface area is 149 Å². The van der Waals surface area contributed by atoms with Gasteiger partial charge in [-0.3, -0.25) is 10.1 Å². The molecular weight excluding hydrogens is 368 g/mol. The normalized spacial score (nSPS) is 16.0. The lowest BCUT2D eigenvalue weighted by Crippen LogP contribution is -2.48. The molecule has 0 bridgehead atoms. The summed E-state index contributed by atoms with van der Waals surface area (Å²) in [4.78, 5) is 16.4. The lowest BCUT2D eigenvalue weighted by molar-refractivity contribution is -0.384. The van der Waals surface area contributed by atoms with Gasteiger partial charge in [-0.05, 0) is 24.3 Å². The third-order valence-corrected chi connectivity index (χ3v) is 6.18. The van der Waals surface area contributed by atoms with Crippen molar-refractivity contribution in [2.75, 3.05) is 31.1 Å². The first kappa shape index (κ1) is 17.6. The number of benzene rings is 1. The topological polar surface area (TPSA) is 96.6 Å². The minimum absolute atomic E-state index is 0.0936. The summed E-state index contributed by atoms with van der Waals surface area (Å²) in [6, 6.07) is 9.08. The molecule has 2 aromatic rings. The van der Waals surface area contributed by atoms with E-state index in [2.05, 4.69) is 4.98 Å². The third-order valence-electron chi connectivity index (χ3n) is 3.96. The highest BCUT2D eigenvalue weighted by molar-refractivity contribution is 7.89. The molecule has 0 spiro atoms. The van der Waals surface area contributed by atoms with Crippen LogP contribution < -0.4 is 4.90 Å². The zero-order valence-corrected chi connectivity index (χ0v) is 14.7. The molecule has 1 aliphatic heterocycles. The molecule has 1 fully saturated rings. The van der Waals surface area contributed by atoms with Crippen LogP contribution in [0.4, 0.5) is 11.5 Å². The van der Waals surface area contributed by atoms with Crippen LogP contribution in [-0.4, -0.2) is 48.8 Å². The van der Waals surface area contributed by atoms with E-state index in [1.54, 1.807) is 6.20 Å². The van der Waals surface area contributed by atoms with Gasteiger partial charge in [0.15, 0.2) is 0 Å². The second-order valence-corrected chi connectivity index (χ2v) is 7.79. The van der Waals surface area contributed by atoms with Crippen molar-refractivity contribution in [2.45, 2.75) is 4.90 Å². The van der Waals surface area contributed by atoms with Crippen LogP contribution in [0.3, 0.4) is 0 Å². The van der Waals surface area contributed by atoms with Crippen LogP contribution in [-0.2, 0) is 10.0 Å². The maximum Gasteiger partial charge on any atom is 0.289 e. The van der Waals surface area contributed by atoms with Crippen LogP contribution in [0.1, 0.15) is 0 Å². The quantitative estimate of drug-likeness (QED) is 0.593. The predicted molar refractivity (Wildman–Crippen MR) is 93.3 cm³/mol. The molecule has 2 heterocycles. The second kappa shape index (κ2) is 6.95. The van der Waals surface area contributed by atoms with Crippen molar-refractivity contribution in [1.82, 2.24) is 9.29 Å². The highest BCUT2D eigenvalue weighted by Crippen LogP contribution is 2.29. The molecule has 0 N–H and O–H groups in total. The van der Waals surface area contributed by atoms with E-state index in [1.807, 2.05) is 23.1 Å². The first-order chi connectivity index (χ1) is 11.9. The van der Waals surface area contributed by atoms with Crippen molar-refractivity contribution in [2.24, 2.45) is 0 Å². The van der Waals surface area contributed by atoms with Crippen molar-refractivity contribution >= 4 is 33.1 Å². The van der Waals surface area contributed by atoms with Crippen molar-refractivity contribution in [3.63, 3.8) is 0 Å². The summed E-state index contributed by atoms with van der Waals surface area (Å²) in [6.45, 7) is 1.53. The Morgan fingerprint density at radius 1 is 1.12 bits per heavy atom. The van der Waals surface area contributed by atoms with Gasteiger partial charge in [0.1, 0.15) is 10.8 Å². The lowest BCUT2D eigenvalue weighted by Gasteiger charge is -2.34. The van der Waals surface area contributed by atoms with Gasteiger partial charge in [-0.25, -0.2) is 13.4 Å². The summed E-state index contributed by atoms with van der Waals surface area (Å²) in [5, 5.41) is 10.9. The fourth-order valence-corrected chi connectivity index (χ4v) is 4.27. The number of nitrogens with zero attached hydrogens (tertiary/aromatic N) is 4. The molecule has 1 aliphatic rings. The number of piperazine rings is 1. The van der Waals surface area contributed by atoms with Gasteiger partial charge in [-0.15, -0.1) is 0 Å². The van der Waals surface area contributed by atoms with Gasteiger partial charge >= 0.3 is 0 Å². The summed E-state index contributed by atoms with van der Waals surface area (Å²) in [5.41, 5.74) is -0.421. The molecule has 25 heavy (non-hydrogen) atoms. The number of hydrogen-bond donors (Lipinski definition) is 0. The summed E-state index contributed by atoms with van der Waals surface area (Å²) in [5.74, 6) is 0.793. The number of pyridine rings is 1. The molecule has 0 unspecified atom stereocenters. The largest absolute Gasteiger partial charge is 0.354 e. The fraction of sp³-hybridized carbons (Fsp3) is 0.267. The van der Waals surface area contributed by atoms with E-state index < -0.39 is 20.6 Å². The maximum absolute atomic E-state index is 12.7. The molecule has 1 saturated heterocycles. The fourth-order valence-electron chi connectivity index (χ4n) is 2.64. The molecule has 8 nitrogen and oxygen atoms in total. The number of sulfonamides is 1. The number of nitro benzene ring substituents is 1. The standard InChI is InChI=1S/C15H15ClN4O4S/c16-13-5-4-12(11-14(13)20(21)22)25(23,24)19-9-7-18(8-10-19)15-3-1-2-6-17-15/h1-6,11H,7-10H2. The van der Waals surface area contributed by atoms with Gasteiger partial charge in [-0.2, -0.15) is 4.31 Å². The summed E-state index contributed by atoms with van der Waals surface area (Å²) in [6.07, 6.45) is 1.69. The van der Waals surface area contributed by atoms with E-state index >= 15 is 0 Å². The average molecular weight is 383 g/mol. The molecule has 132 valence electrons. The van der Waals surface area contributed by atoms with Crippen LogP contribution in [0.25, 0.3) is 0 Å². The van der Waals surface area contributed by atoms with Gasteiger partial charge in [0.05, 0.1) is 9.82 Å². The van der Waals surface area contributed by atoms with Crippen molar-refractivity contribution in [3.8, 4) is 0 Å². The molecule has 0 aliphatic carbocycles. The van der Waals surface area contributed by atoms with Crippen molar-refractivity contribution < 1.29 is 13.3 Å². The Bertz CT molecular complexity index is 884. The van der Waals surface area contributed by atoms with Gasteiger partial charge in [0, 0.05) is 38.4 Å². The number of nitro groups is 1. The van der Waals surface area contributed by atoms with Crippen molar-refractivity contribution in [1.29, 1.82) is 0 Å². The van der Waals surface area contributed by atoms with E-state index in [4.69, 9.17) is 11.6 Å². The number of anilines is 1. The number of rotatable bonds is 4. The summed E-state index contributed by atoms with van der Waals surface area (Å²) >= 11 is 5.75. The average Bonchev–Trinajstić information content (AvgIpc) is 2.62. The zero-order valence-electron chi connectivity index (χ0n) is 13.1. The summed E-state index contributed by atoms with van der Waals surface area (Å²) in [7, 11) is -3.82. The minimum Gasteiger partial charge on any atom is -0.354 e. The van der Waals surface area contributed by atoms with Crippen LogP contribution in [0.2, 0.25) is 5.02 Å². The first-order valence-corrected chi connectivity index (χ1v) is 9.31. The number of halogens is 1. The molecule has 10 heteroatoms. The van der Waals surface area contributed by atoms with Gasteiger partial charge in [0.2, 0.25) is 10.0 Å². The smallest absolute Gasteiger partial charge is 0.289 e. The van der Waals surface area contributed by atoms with E-state index in [9.17, 15) is 18.5 Å². The molecule has 3 rings (SSSR count). The molecule has 0 saturated carbocycles. The highest BCUT2D eigenvalue weighted by atomic mass is 35.5. The van der Waals surface area contributed by atoms with Gasteiger partial charge < -0.3 is 4.90 Å². The Morgan fingerprint density at radius 3 is 2.44 bits per heavy atom. The van der Waals surface area contributed by atoms with E-state index in [0.29, 0.717) is 13.1 Å². The van der Waals surface area contributed by atoms with E-state index in [-0.39, 0.29) is 23.0 Å². The van der Waals surface area contributed by atoms with Crippen molar-refractivity contribution in [3.05, 3.63) is 57.7 Å². The minimum atomic E-state index is -3.82. The SMILES string of the molecule is O=[N+]([O-])c1cc(S(=O)(=O)N2CCN(c3ccccn3)CC2)ccc1Cl. The van der Waals surface area contributed by atoms with E-state index in [0.717, 1.165) is 11.9 Å². The Morgan fingerprint density at radius 2 is 1.84 bits per heavy atom. The molecule has 1 aromatic carbocycles. The summed E-state index contributed by atoms with van der Waals surface area (Å²) < 4.78 is 26.8. The lowest BCUT2D eigenvalue weighted by atomic mass is 10.3. The van der Waals surface area contributed by atoms with Gasteiger partial charge in [0.25, 0.3) is 5.69 Å². The predicted octanol–water partition coefficient (Wildman–Crippen LogP) is 2.15. The molecule has 1 aromatic heterocycles. The van der Waals surface area contributed by atoms with Gasteiger partial charge in [-0.1, -0.05) is 17.7 Å². The monoisotopic (exact) mass is 382 g/mol. The molecule has 0 amide bonds.